The molecule has 6 nitrogen and oxygen atoms in total. The molecular weight excluding hydrogens is 324 g/mol. The van der Waals surface area contributed by atoms with Crippen LogP contribution in [0.25, 0.3) is 11.8 Å². The van der Waals surface area contributed by atoms with E-state index in [1.807, 2.05) is 22.9 Å². The Bertz CT molecular complexity index is 897. The standard InChI is InChI=1S/C17H14N4O2S/c18-17(23)14-7-9-21(20-14)15-4-2-1-3-13(15)19-16(22)6-5-12-8-10-24-11-12/h1-11H,(H2,18,23)(H,19,22)/b6-5-. The molecule has 2 aromatic heterocycles. The van der Waals surface area contributed by atoms with Gasteiger partial charge in [-0.25, -0.2) is 4.68 Å². The highest BCUT2D eigenvalue weighted by Crippen LogP contribution is 2.19. The number of benzene rings is 1. The molecule has 0 radical (unpaired) electrons. The van der Waals surface area contributed by atoms with Gasteiger partial charge < -0.3 is 11.1 Å². The number of nitrogens with two attached hydrogens (primary N) is 1. The van der Waals surface area contributed by atoms with Gasteiger partial charge in [-0.15, -0.1) is 0 Å². The third-order valence-electron chi connectivity index (χ3n) is 3.22. The number of nitrogens with one attached hydrogen (secondary N) is 1. The molecule has 3 N–H and O–H groups in total. The monoisotopic (exact) mass is 338 g/mol. The van der Waals surface area contributed by atoms with Gasteiger partial charge in [-0.1, -0.05) is 12.1 Å². The first-order valence-corrected chi connectivity index (χ1v) is 8.04. The van der Waals surface area contributed by atoms with Crippen molar-refractivity contribution in [3.8, 4) is 5.69 Å². The number of thiophene rings is 1. The molecule has 0 aliphatic rings. The van der Waals surface area contributed by atoms with Gasteiger partial charge in [0.05, 0.1) is 11.4 Å². The maximum absolute atomic E-state index is 12.1. The van der Waals surface area contributed by atoms with Crippen LogP contribution in [0.5, 0.6) is 0 Å². The molecule has 3 aromatic rings. The molecule has 0 aliphatic carbocycles. The van der Waals surface area contributed by atoms with Gasteiger partial charge in [-0.05, 0) is 46.7 Å². The van der Waals surface area contributed by atoms with Crippen LogP contribution in [0, 0.1) is 0 Å². The molecule has 0 saturated heterocycles. The van der Waals surface area contributed by atoms with E-state index in [1.165, 1.54) is 16.8 Å². The average molecular weight is 338 g/mol. The second-order valence-electron chi connectivity index (χ2n) is 4.91. The number of para-hydroxylation sites is 2. The number of rotatable bonds is 5. The lowest BCUT2D eigenvalue weighted by Gasteiger charge is -2.09. The number of aromatic nitrogens is 2. The van der Waals surface area contributed by atoms with Gasteiger partial charge in [0.1, 0.15) is 5.69 Å². The number of nitrogens with zero attached hydrogens (tertiary/aromatic N) is 2. The second-order valence-corrected chi connectivity index (χ2v) is 5.69. The summed E-state index contributed by atoms with van der Waals surface area (Å²) in [6.07, 6.45) is 4.83. The summed E-state index contributed by atoms with van der Waals surface area (Å²) >= 11 is 1.57. The fraction of sp³-hybridized carbons (Fsp3) is 0. The SMILES string of the molecule is NC(=O)c1ccn(-c2ccccc2NC(=O)/C=C\c2ccsc2)n1. The molecule has 3 rings (SSSR count). The van der Waals surface area contributed by atoms with Crippen LogP contribution in [0.4, 0.5) is 5.69 Å². The summed E-state index contributed by atoms with van der Waals surface area (Å²) < 4.78 is 1.50. The van der Waals surface area contributed by atoms with Crippen LogP contribution < -0.4 is 11.1 Å². The number of amides is 2. The maximum atomic E-state index is 12.1. The van der Waals surface area contributed by atoms with Crippen molar-refractivity contribution in [1.82, 2.24) is 9.78 Å². The van der Waals surface area contributed by atoms with Gasteiger partial charge in [-0.3, -0.25) is 9.59 Å². The Hall–Kier alpha value is -3.19. The number of hydrogen-bond acceptors (Lipinski definition) is 4. The van der Waals surface area contributed by atoms with E-state index in [0.29, 0.717) is 11.4 Å². The van der Waals surface area contributed by atoms with E-state index >= 15 is 0 Å². The Morgan fingerprint density at radius 2 is 2.04 bits per heavy atom. The lowest BCUT2D eigenvalue weighted by Crippen LogP contribution is -2.13. The van der Waals surface area contributed by atoms with Crippen LogP contribution in [-0.2, 0) is 4.79 Å². The van der Waals surface area contributed by atoms with Gasteiger partial charge in [-0.2, -0.15) is 16.4 Å². The zero-order valence-corrected chi connectivity index (χ0v) is 13.4. The minimum absolute atomic E-state index is 0.161. The van der Waals surface area contributed by atoms with Crippen LogP contribution in [-0.4, -0.2) is 21.6 Å². The summed E-state index contributed by atoms with van der Waals surface area (Å²) in [5, 5.41) is 10.8. The first-order chi connectivity index (χ1) is 11.6. The molecule has 24 heavy (non-hydrogen) atoms. The van der Waals surface area contributed by atoms with Gasteiger partial charge in [0.15, 0.2) is 0 Å². The molecule has 0 bridgehead atoms. The summed E-state index contributed by atoms with van der Waals surface area (Å²) in [6.45, 7) is 0. The molecule has 0 aliphatic heterocycles. The highest BCUT2D eigenvalue weighted by Gasteiger charge is 2.10. The molecule has 0 saturated carbocycles. The minimum Gasteiger partial charge on any atom is -0.364 e. The topological polar surface area (TPSA) is 90.0 Å². The number of primary amides is 1. The van der Waals surface area contributed by atoms with Crippen molar-refractivity contribution in [2.24, 2.45) is 5.73 Å². The van der Waals surface area contributed by atoms with E-state index < -0.39 is 5.91 Å². The van der Waals surface area contributed by atoms with Crippen molar-refractivity contribution in [2.75, 3.05) is 5.32 Å². The van der Waals surface area contributed by atoms with Crippen molar-refractivity contribution in [3.63, 3.8) is 0 Å². The Morgan fingerprint density at radius 3 is 2.75 bits per heavy atom. The van der Waals surface area contributed by atoms with E-state index in [-0.39, 0.29) is 11.6 Å². The van der Waals surface area contributed by atoms with Crippen LogP contribution in [0.15, 0.2) is 59.4 Å². The van der Waals surface area contributed by atoms with E-state index in [2.05, 4.69) is 10.4 Å². The second kappa shape index (κ2) is 6.93. The summed E-state index contributed by atoms with van der Waals surface area (Å²) in [7, 11) is 0. The van der Waals surface area contributed by atoms with Crippen LogP contribution in [0.2, 0.25) is 0 Å². The Morgan fingerprint density at radius 1 is 1.21 bits per heavy atom. The number of carbonyl (C=O) groups excluding carboxylic acids is 2. The molecule has 0 unspecified atom stereocenters. The summed E-state index contributed by atoms with van der Waals surface area (Å²) in [6, 6.07) is 10.6. The number of anilines is 1. The molecule has 2 amide bonds. The van der Waals surface area contributed by atoms with Crippen LogP contribution in [0.3, 0.4) is 0 Å². The number of carbonyl (C=O) groups is 2. The molecular formula is C17H14N4O2S. The summed E-state index contributed by atoms with van der Waals surface area (Å²) in [5.74, 6) is -0.857. The van der Waals surface area contributed by atoms with E-state index in [1.54, 1.807) is 41.8 Å². The normalized spacial score (nSPS) is 10.8. The molecule has 0 atom stereocenters. The molecule has 0 spiro atoms. The summed E-state index contributed by atoms with van der Waals surface area (Å²) in [4.78, 5) is 23.3. The fourth-order valence-electron chi connectivity index (χ4n) is 2.08. The highest BCUT2D eigenvalue weighted by atomic mass is 32.1. The third kappa shape index (κ3) is 3.58. The van der Waals surface area contributed by atoms with Crippen molar-refractivity contribution in [1.29, 1.82) is 0 Å². The van der Waals surface area contributed by atoms with Crippen molar-refractivity contribution < 1.29 is 9.59 Å². The lowest BCUT2D eigenvalue weighted by atomic mass is 10.2. The quantitative estimate of drug-likeness (QED) is 0.701. The predicted octanol–water partition coefficient (Wildman–Crippen LogP) is 2.68. The molecule has 0 fully saturated rings. The van der Waals surface area contributed by atoms with Crippen molar-refractivity contribution in [2.45, 2.75) is 0 Å². The lowest BCUT2D eigenvalue weighted by molar-refractivity contribution is -0.111. The largest absolute Gasteiger partial charge is 0.364 e. The predicted molar refractivity (Wildman–Crippen MR) is 94.1 cm³/mol. The average Bonchev–Trinajstić information content (AvgIpc) is 3.25. The van der Waals surface area contributed by atoms with Crippen LogP contribution >= 0.6 is 11.3 Å². The van der Waals surface area contributed by atoms with Gasteiger partial charge in [0, 0.05) is 12.3 Å². The number of hydrogen-bond donors (Lipinski definition) is 2. The third-order valence-corrected chi connectivity index (χ3v) is 3.92. The van der Waals surface area contributed by atoms with Gasteiger partial charge >= 0.3 is 0 Å². The van der Waals surface area contributed by atoms with E-state index in [0.717, 1.165) is 5.56 Å². The summed E-state index contributed by atoms with van der Waals surface area (Å²) in [5.41, 5.74) is 7.57. The van der Waals surface area contributed by atoms with Crippen LogP contribution in [0.1, 0.15) is 16.1 Å². The van der Waals surface area contributed by atoms with Gasteiger partial charge in [0.25, 0.3) is 5.91 Å². The molecule has 120 valence electrons. The smallest absolute Gasteiger partial charge is 0.269 e. The first-order valence-electron chi connectivity index (χ1n) is 7.09. The van der Waals surface area contributed by atoms with E-state index in [4.69, 9.17) is 5.73 Å². The van der Waals surface area contributed by atoms with Crippen molar-refractivity contribution >= 4 is 34.9 Å². The highest BCUT2D eigenvalue weighted by molar-refractivity contribution is 7.08. The molecule has 7 heteroatoms. The molecule has 1 aromatic carbocycles. The minimum atomic E-state index is -0.603. The van der Waals surface area contributed by atoms with Gasteiger partial charge in [0.2, 0.25) is 5.91 Å². The first kappa shape index (κ1) is 15.7. The van der Waals surface area contributed by atoms with Crippen molar-refractivity contribution in [3.05, 3.63) is 70.7 Å². The Kier molecular flexibility index (Phi) is 4.53. The Balaban J connectivity index is 1.81. The zero-order valence-electron chi connectivity index (χ0n) is 12.5. The Labute approximate surface area is 142 Å². The van der Waals surface area contributed by atoms with E-state index in [9.17, 15) is 9.59 Å². The fourth-order valence-corrected chi connectivity index (χ4v) is 2.71. The zero-order chi connectivity index (χ0) is 16.9. The maximum Gasteiger partial charge on any atom is 0.269 e. The molecule has 2 heterocycles.